The zero-order valence-electron chi connectivity index (χ0n) is 12.4. The summed E-state index contributed by atoms with van der Waals surface area (Å²) in [5.41, 5.74) is 3.96. The van der Waals surface area contributed by atoms with E-state index >= 15 is 0 Å². The highest BCUT2D eigenvalue weighted by Gasteiger charge is 2.23. The summed E-state index contributed by atoms with van der Waals surface area (Å²) in [7, 11) is 0. The van der Waals surface area contributed by atoms with E-state index in [9.17, 15) is 0 Å². The molecule has 0 aliphatic heterocycles. The van der Waals surface area contributed by atoms with Crippen molar-refractivity contribution in [1.82, 2.24) is 25.1 Å². The summed E-state index contributed by atoms with van der Waals surface area (Å²) in [4.78, 5) is 0. The zero-order chi connectivity index (χ0) is 16.7. The summed E-state index contributed by atoms with van der Waals surface area (Å²) >= 11 is 17.2. The van der Waals surface area contributed by atoms with Crippen molar-refractivity contribution >= 4 is 41.6 Å². The van der Waals surface area contributed by atoms with E-state index < -0.39 is 0 Å². The molecule has 122 valence electrons. The van der Waals surface area contributed by atoms with E-state index in [1.54, 1.807) is 23.0 Å². The van der Waals surface area contributed by atoms with Gasteiger partial charge in [0, 0.05) is 11.3 Å². The smallest absolute Gasteiger partial charge is 0.216 e. The molecule has 24 heavy (non-hydrogen) atoms. The SMILES string of the molecule is S=c1[nH]nc(-c2n[nH]c3c2CCC3)n1/N=C/c1ccc(Cl)c(Cl)c1. The molecule has 0 unspecified atom stereocenters. The first-order valence-electron chi connectivity index (χ1n) is 7.37. The van der Waals surface area contributed by atoms with E-state index in [1.807, 2.05) is 6.07 Å². The van der Waals surface area contributed by atoms with Crippen LogP contribution in [0.2, 0.25) is 10.0 Å². The monoisotopic (exact) mass is 378 g/mol. The Labute approximate surface area is 152 Å². The largest absolute Gasteiger partial charge is 0.282 e. The number of hydrogen-bond donors (Lipinski definition) is 2. The fraction of sp³-hybridized carbons (Fsp3) is 0.200. The second kappa shape index (κ2) is 6.16. The molecule has 1 aliphatic carbocycles. The summed E-state index contributed by atoms with van der Waals surface area (Å²) < 4.78 is 1.96. The van der Waals surface area contributed by atoms with Gasteiger partial charge in [-0.05, 0) is 49.2 Å². The summed E-state index contributed by atoms with van der Waals surface area (Å²) in [6, 6.07) is 5.29. The second-order valence-corrected chi connectivity index (χ2v) is 6.67. The van der Waals surface area contributed by atoms with Crippen LogP contribution in [0.5, 0.6) is 0 Å². The van der Waals surface area contributed by atoms with E-state index in [1.165, 1.54) is 11.3 Å². The first-order valence-corrected chi connectivity index (χ1v) is 8.53. The van der Waals surface area contributed by atoms with Crippen LogP contribution in [-0.4, -0.2) is 31.3 Å². The van der Waals surface area contributed by atoms with Crippen molar-refractivity contribution in [3.05, 3.63) is 49.8 Å². The van der Waals surface area contributed by atoms with Gasteiger partial charge >= 0.3 is 0 Å². The van der Waals surface area contributed by atoms with Gasteiger partial charge in [0.15, 0.2) is 0 Å². The Hall–Kier alpha value is -1.96. The predicted molar refractivity (Wildman–Crippen MR) is 96.5 cm³/mol. The molecule has 0 saturated heterocycles. The van der Waals surface area contributed by atoms with Gasteiger partial charge in [-0.25, -0.2) is 5.10 Å². The van der Waals surface area contributed by atoms with Crippen LogP contribution >= 0.6 is 35.4 Å². The van der Waals surface area contributed by atoms with E-state index in [-0.39, 0.29) is 0 Å². The van der Waals surface area contributed by atoms with Crippen LogP contribution in [0.25, 0.3) is 11.5 Å². The number of nitrogens with one attached hydrogen (secondary N) is 2. The van der Waals surface area contributed by atoms with Crippen molar-refractivity contribution in [3.8, 4) is 11.5 Å². The van der Waals surface area contributed by atoms with Crippen molar-refractivity contribution in [2.45, 2.75) is 19.3 Å². The van der Waals surface area contributed by atoms with Gasteiger partial charge in [-0.3, -0.25) is 5.10 Å². The van der Waals surface area contributed by atoms with Crippen LogP contribution in [0.4, 0.5) is 0 Å². The molecule has 1 aliphatic rings. The minimum atomic E-state index is 0.399. The lowest BCUT2D eigenvalue weighted by molar-refractivity contribution is 0.844. The number of nitrogens with zero attached hydrogens (tertiary/aromatic N) is 4. The topological polar surface area (TPSA) is 74.7 Å². The third-order valence-electron chi connectivity index (χ3n) is 3.93. The van der Waals surface area contributed by atoms with Gasteiger partial charge in [-0.15, -0.1) is 0 Å². The van der Waals surface area contributed by atoms with Crippen molar-refractivity contribution in [2.75, 3.05) is 0 Å². The summed E-state index contributed by atoms with van der Waals surface area (Å²) in [5.74, 6) is 0.593. The number of aromatic nitrogens is 5. The molecule has 0 bridgehead atoms. The number of fused-ring (bicyclic) bond motifs is 1. The van der Waals surface area contributed by atoms with Crippen molar-refractivity contribution in [3.63, 3.8) is 0 Å². The van der Waals surface area contributed by atoms with E-state index in [0.717, 1.165) is 30.5 Å². The van der Waals surface area contributed by atoms with E-state index in [4.69, 9.17) is 35.4 Å². The highest BCUT2D eigenvalue weighted by molar-refractivity contribution is 7.71. The van der Waals surface area contributed by atoms with Gasteiger partial charge in [0.2, 0.25) is 10.6 Å². The van der Waals surface area contributed by atoms with Crippen molar-refractivity contribution in [1.29, 1.82) is 0 Å². The van der Waals surface area contributed by atoms with Crippen LogP contribution in [0, 0.1) is 4.77 Å². The number of benzene rings is 1. The fourth-order valence-corrected chi connectivity index (χ4v) is 3.26. The average Bonchev–Trinajstić information content (AvgIpc) is 3.25. The fourth-order valence-electron chi connectivity index (χ4n) is 2.77. The first kappa shape index (κ1) is 15.6. The standard InChI is InChI=1S/C15H12Cl2N6S/c16-10-5-4-8(6-11(10)17)7-18-23-14(21-22-15(23)24)13-9-2-1-3-12(9)19-20-13/h4-7H,1-3H2,(H,19,20)(H,22,24)/b18-7+. The van der Waals surface area contributed by atoms with Crippen LogP contribution < -0.4 is 0 Å². The molecule has 6 nitrogen and oxygen atoms in total. The molecule has 0 atom stereocenters. The Morgan fingerprint density at radius 1 is 1.17 bits per heavy atom. The lowest BCUT2D eigenvalue weighted by Gasteiger charge is -2.00. The molecule has 1 aromatic carbocycles. The zero-order valence-corrected chi connectivity index (χ0v) is 14.7. The molecule has 2 heterocycles. The number of hydrogen-bond acceptors (Lipinski definition) is 4. The summed E-state index contributed by atoms with van der Waals surface area (Å²) in [5, 5.41) is 19.9. The van der Waals surface area contributed by atoms with Gasteiger partial charge in [-0.1, -0.05) is 29.3 Å². The molecule has 0 amide bonds. The van der Waals surface area contributed by atoms with Gasteiger partial charge in [0.05, 0.1) is 16.3 Å². The van der Waals surface area contributed by atoms with Crippen LogP contribution in [-0.2, 0) is 12.8 Å². The summed E-state index contributed by atoms with van der Waals surface area (Å²) in [6.07, 6.45) is 4.77. The van der Waals surface area contributed by atoms with Crippen molar-refractivity contribution < 1.29 is 0 Å². The van der Waals surface area contributed by atoms with Gasteiger partial charge < -0.3 is 0 Å². The minimum absolute atomic E-state index is 0.399. The van der Waals surface area contributed by atoms with Crippen LogP contribution in [0.1, 0.15) is 23.2 Å². The minimum Gasteiger partial charge on any atom is -0.282 e. The molecule has 2 aromatic heterocycles. The maximum Gasteiger partial charge on any atom is 0.216 e. The molecule has 3 aromatic rings. The number of rotatable bonds is 3. The number of aromatic amines is 2. The molecule has 9 heteroatoms. The number of aryl methyl sites for hydroxylation is 1. The Bertz CT molecular complexity index is 1000. The molecular formula is C15H12Cl2N6S. The molecule has 4 rings (SSSR count). The van der Waals surface area contributed by atoms with E-state index in [2.05, 4.69) is 25.5 Å². The molecular weight excluding hydrogens is 367 g/mol. The average molecular weight is 379 g/mol. The molecule has 0 radical (unpaired) electrons. The quantitative estimate of drug-likeness (QED) is 0.533. The Balaban J connectivity index is 1.73. The highest BCUT2D eigenvalue weighted by Crippen LogP contribution is 2.29. The molecule has 0 spiro atoms. The van der Waals surface area contributed by atoms with Gasteiger partial charge in [0.25, 0.3) is 0 Å². The molecule has 0 saturated carbocycles. The lowest BCUT2D eigenvalue weighted by Crippen LogP contribution is -1.97. The number of halogens is 2. The van der Waals surface area contributed by atoms with Crippen LogP contribution in [0.15, 0.2) is 23.3 Å². The van der Waals surface area contributed by atoms with Crippen molar-refractivity contribution in [2.24, 2.45) is 5.10 Å². The predicted octanol–water partition coefficient (Wildman–Crippen LogP) is 4.01. The molecule has 2 N–H and O–H groups in total. The second-order valence-electron chi connectivity index (χ2n) is 5.47. The third kappa shape index (κ3) is 2.68. The Kier molecular flexibility index (Phi) is 3.99. The Morgan fingerprint density at radius 3 is 2.88 bits per heavy atom. The maximum atomic E-state index is 6.03. The summed E-state index contributed by atoms with van der Waals surface area (Å²) in [6.45, 7) is 0. The van der Waals surface area contributed by atoms with Gasteiger partial charge in [0.1, 0.15) is 5.69 Å². The lowest BCUT2D eigenvalue weighted by atomic mass is 10.2. The third-order valence-corrected chi connectivity index (χ3v) is 4.94. The normalized spacial score (nSPS) is 13.8. The maximum absolute atomic E-state index is 6.03. The first-order chi connectivity index (χ1) is 11.6. The van der Waals surface area contributed by atoms with Gasteiger partial charge in [-0.2, -0.15) is 20.0 Å². The van der Waals surface area contributed by atoms with Crippen LogP contribution in [0.3, 0.4) is 0 Å². The molecule has 0 fully saturated rings. The van der Waals surface area contributed by atoms with E-state index in [0.29, 0.717) is 20.6 Å². The Morgan fingerprint density at radius 2 is 2.04 bits per heavy atom. The highest BCUT2D eigenvalue weighted by atomic mass is 35.5. The number of H-pyrrole nitrogens is 2.